The minimum Gasteiger partial charge on any atom is -0.376 e. The monoisotopic (exact) mass is 219 g/mol. The number of nitrogens with one attached hydrogen (secondary N) is 1. The van der Waals surface area contributed by atoms with Crippen LogP contribution in [0.5, 0.6) is 0 Å². The predicted molar refractivity (Wildman–Crippen MR) is 66.3 cm³/mol. The van der Waals surface area contributed by atoms with Gasteiger partial charge in [-0.25, -0.2) is 0 Å². The molecular formula is C14H21NO. The fourth-order valence-corrected chi connectivity index (χ4v) is 2.12. The molecule has 1 fully saturated rings. The lowest BCUT2D eigenvalue weighted by molar-refractivity contribution is 0.0746. The predicted octanol–water partition coefficient (Wildman–Crippen LogP) is 2.59. The van der Waals surface area contributed by atoms with Gasteiger partial charge in [0.05, 0.1) is 13.2 Å². The van der Waals surface area contributed by atoms with Crippen molar-refractivity contribution in [2.45, 2.75) is 32.4 Å². The van der Waals surface area contributed by atoms with Crippen molar-refractivity contribution in [1.29, 1.82) is 0 Å². The molecule has 0 amide bonds. The molecule has 1 aromatic carbocycles. The summed E-state index contributed by atoms with van der Waals surface area (Å²) in [5.74, 6) is 0.694. The average Bonchev–Trinajstić information content (AvgIpc) is 2.33. The maximum Gasteiger partial charge on any atom is 0.0717 e. The van der Waals surface area contributed by atoms with Crippen molar-refractivity contribution >= 4 is 0 Å². The fraction of sp³-hybridized carbons (Fsp3) is 0.571. The Kier molecular flexibility index (Phi) is 4.37. The van der Waals surface area contributed by atoms with E-state index in [1.807, 2.05) is 6.07 Å². The highest BCUT2D eigenvalue weighted by Gasteiger charge is 2.17. The van der Waals surface area contributed by atoms with Crippen LogP contribution in [0, 0.1) is 5.92 Å². The molecule has 1 aromatic rings. The highest BCUT2D eigenvalue weighted by atomic mass is 16.5. The van der Waals surface area contributed by atoms with Crippen LogP contribution in [0.4, 0.5) is 0 Å². The Labute approximate surface area is 98.0 Å². The SMILES string of the molecule is C[C@H]1CC[C@@H](COCc2ccccc2)CN1. The van der Waals surface area contributed by atoms with E-state index < -0.39 is 0 Å². The van der Waals surface area contributed by atoms with Gasteiger partial charge in [0.1, 0.15) is 0 Å². The van der Waals surface area contributed by atoms with Crippen LogP contribution in [0.3, 0.4) is 0 Å². The number of benzene rings is 1. The third kappa shape index (κ3) is 3.62. The molecule has 0 aliphatic carbocycles. The summed E-state index contributed by atoms with van der Waals surface area (Å²) >= 11 is 0. The zero-order valence-electron chi connectivity index (χ0n) is 9.99. The quantitative estimate of drug-likeness (QED) is 0.840. The lowest BCUT2D eigenvalue weighted by atomic mass is 9.96. The zero-order chi connectivity index (χ0) is 11.2. The minimum absolute atomic E-state index is 0.686. The fourth-order valence-electron chi connectivity index (χ4n) is 2.12. The normalized spacial score (nSPS) is 25.6. The van der Waals surface area contributed by atoms with Crippen molar-refractivity contribution < 1.29 is 4.74 Å². The average molecular weight is 219 g/mol. The topological polar surface area (TPSA) is 21.3 Å². The van der Waals surface area contributed by atoms with Gasteiger partial charge in [-0.3, -0.25) is 0 Å². The maximum absolute atomic E-state index is 5.75. The van der Waals surface area contributed by atoms with Gasteiger partial charge in [0, 0.05) is 12.6 Å². The molecule has 2 atom stereocenters. The van der Waals surface area contributed by atoms with E-state index in [0.717, 1.165) is 19.8 Å². The van der Waals surface area contributed by atoms with E-state index >= 15 is 0 Å². The first-order chi connectivity index (χ1) is 7.84. The van der Waals surface area contributed by atoms with Crippen molar-refractivity contribution in [3.8, 4) is 0 Å². The van der Waals surface area contributed by atoms with Gasteiger partial charge < -0.3 is 10.1 Å². The maximum atomic E-state index is 5.75. The van der Waals surface area contributed by atoms with Crippen LogP contribution in [0.15, 0.2) is 30.3 Å². The summed E-state index contributed by atoms with van der Waals surface area (Å²) in [7, 11) is 0. The Morgan fingerprint density at radius 3 is 2.75 bits per heavy atom. The first-order valence-electron chi connectivity index (χ1n) is 6.19. The molecule has 0 saturated carbocycles. The summed E-state index contributed by atoms with van der Waals surface area (Å²) in [4.78, 5) is 0. The van der Waals surface area contributed by atoms with Gasteiger partial charge in [0.25, 0.3) is 0 Å². The molecule has 0 unspecified atom stereocenters. The second-order valence-electron chi connectivity index (χ2n) is 4.75. The molecule has 0 aromatic heterocycles. The second kappa shape index (κ2) is 6.02. The lowest BCUT2D eigenvalue weighted by Gasteiger charge is -2.27. The number of rotatable bonds is 4. The Balaban J connectivity index is 1.65. The minimum atomic E-state index is 0.686. The molecule has 0 bridgehead atoms. The molecule has 2 heteroatoms. The highest BCUT2D eigenvalue weighted by molar-refractivity contribution is 5.13. The van der Waals surface area contributed by atoms with Crippen LogP contribution in [-0.4, -0.2) is 19.2 Å². The third-order valence-corrected chi connectivity index (χ3v) is 3.23. The molecule has 16 heavy (non-hydrogen) atoms. The van der Waals surface area contributed by atoms with E-state index in [1.165, 1.54) is 18.4 Å². The van der Waals surface area contributed by atoms with Crippen LogP contribution in [0.2, 0.25) is 0 Å². The summed E-state index contributed by atoms with van der Waals surface area (Å²) in [6.45, 7) is 4.98. The van der Waals surface area contributed by atoms with Crippen LogP contribution in [0.1, 0.15) is 25.3 Å². The van der Waals surface area contributed by atoms with E-state index in [1.54, 1.807) is 0 Å². The van der Waals surface area contributed by atoms with Gasteiger partial charge in [-0.2, -0.15) is 0 Å². The van der Waals surface area contributed by atoms with E-state index in [9.17, 15) is 0 Å². The smallest absolute Gasteiger partial charge is 0.0717 e. The van der Waals surface area contributed by atoms with Gasteiger partial charge in [-0.1, -0.05) is 30.3 Å². The van der Waals surface area contributed by atoms with Gasteiger partial charge in [0.15, 0.2) is 0 Å². The summed E-state index contributed by atoms with van der Waals surface area (Å²) in [6, 6.07) is 11.1. The zero-order valence-corrected chi connectivity index (χ0v) is 9.99. The molecule has 1 aliphatic heterocycles. The van der Waals surface area contributed by atoms with Gasteiger partial charge >= 0.3 is 0 Å². The van der Waals surface area contributed by atoms with Gasteiger partial charge in [-0.15, -0.1) is 0 Å². The van der Waals surface area contributed by atoms with E-state index in [-0.39, 0.29) is 0 Å². The Morgan fingerprint density at radius 2 is 2.06 bits per heavy atom. The largest absolute Gasteiger partial charge is 0.376 e. The van der Waals surface area contributed by atoms with Crippen molar-refractivity contribution in [3.05, 3.63) is 35.9 Å². The Morgan fingerprint density at radius 1 is 1.25 bits per heavy atom. The number of ether oxygens (including phenoxy) is 1. The van der Waals surface area contributed by atoms with Crippen LogP contribution >= 0.6 is 0 Å². The number of hydrogen-bond acceptors (Lipinski definition) is 2. The van der Waals surface area contributed by atoms with Crippen LogP contribution in [-0.2, 0) is 11.3 Å². The van der Waals surface area contributed by atoms with Crippen molar-refractivity contribution in [2.75, 3.05) is 13.2 Å². The van der Waals surface area contributed by atoms with Crippen molar-refractivity contribution in [1.82, 2.24) is 5.32 Å². The molecule has 1 saturated heterocycles. The molecule has 0 radical (unpaired) electrons. The van der Waals surface area contributed by atoms with Crippen molar-refractivity contribution in [2.24, 2.45) is 5.92 Å². The van der Waals surface area contributed by atoms with E-state index in [0.29, 0.717) is 12.0 Å². The molecule has 0 spiro atoms. The summed E-state index contributed by atoms with van der Waals surface area (Å²) in [5.41, 5.74) is 1.26. The first kappa shape index (κ1) is 11.6. The summed E-state index contributed by atoms with van der Waals surface area (Å²) in [5, 5.41) is 3.50. The standard InChI is InChI=1S/C14H21NO/c1-12-7-8-14(9-15-12)11-16-10-13-5-3-2-4-6-13/h2-6,12,14-15H,7-11H2,1H3/t12-,14+/m0/s1. The Hall–Kier alpha value is -0.860. The second-order valence-corrected chi connectivity index (χ2v) is 4.75. The first-order valence-corrected chi connectivity index (χ1v) is 6.19. The molecular weight excluding hydrogens is 198 g/mol. The Bertz CT molecular complexity index is 291. The van der Waals surface area contributed by atoms with E-state index in [4.69, 9.17) is 4.74 Å². The molecule has 1 N–H and O–H groups in total. The molecule has 1 aliphatic rings. The van der Waals surface area contributed by atoms with Gasteiger partial charge in [0.2, 0.25) is 0 Å². The van der Waals surface area contributed by atoms with Crippen LogP contribution in [0.25, 0.3) is 0 Å². The lowest BCUT2D eigenvalue weighted by Crippen LogP contribution is -2.38. The molecule has 2 nitrogen and oxygen atoms in total. The summed E-state index contributed by atoms with van der Waals surface area (Å²) in [6.07, 6.45) is 2.57. The van der Waals surface area contributed by atoms with Gasteiger partial charge in [-0.05, 0) is 31.2 Å². The number of piperidine rings is 1. The van der Waals surface area contributed by atoms with Crippen LogP contribution < -0.4 is 5.32 Å². The van der Waals surface area contributed by atoms with E-state index in [2.05, 4.69) is 36.5 Å². The number of hydrogen-bond donors (Lipinski definition) is 1. The highest BCUT2D eigenvalue weighted by Crippen LogP contribution is 2.14. The third-order valence-electron chi connectivity index (χ3n) is 3.23. The molecule has 2 rings (SSSR count). The molecule has 88 valence electrons. The van der Waals surface area contributed by atoms with Crippen molar-refractivity contribution in [3.63, 3.8) is 0 Å². The summed E-state index contributed by atoms with van der Waals surface area (Å²) < 4.78 is 5.75. The molecule has 1 heterocycles.